The van der Waals surface area contributed by atoms with Crippen LogP contribution in [-0.2, 0) is 65.4 Å². The van der Waals surface area contributed by atoms with Gasteiger partial charge in [-0.25, -0.2) is 9.13 Å². The maximum absolute atomic E-state index is 13.1. The second kappa shape index (κ2) is 75.9. The first-order valence-corrected chi connectivity index (χ1v) is 46.2. The number of carbonyl (C=O) groups excluding carboxylic acids is 4. The van der Waals surface area contributed by atoms with Gasteiger partial charge in [-0.1, -0.05) is 394 Å². The molecule has 0 spiro atoms. The second-order valence-corrected chi connectivity index (χ2v) is 33.0. The molecule has 0 saturated carbocycles. The lowest BCUT2D eigenvalue weighted by molar-refractivity contribution is -0.161. The molecule has 0 aliphatic rings. The van der Waals surface area contributed by atoms with E-state index in [0.717, 1.165) is 95.8 Å². The molecular weight excluding hydrogens is 1330 g/mol. The number of aliphatic hydroxyl groups excluding tert-OH is 1. The van der Waals surface area contributed by atoms with E-state index >= 15 is 0 Å². The Labute approximate surface area is 626 Å². The van der Waals surface area contributed by atoms with Crippen molar-refractivity contribution in [2.75, 3.05) is 39.6 Å². The van der Waals surface area contributed by atoms with Gasteiger partial charge in [-0.3, -0.25) is 37.3 Å². The van der Waals surface area contributed by atoms with Crippen molar-refractivity contribution in [1.82, 2.24) is 0 Å². The maximum Gasteiger partial charge on any atom is 0.472 e. The summed E-state index contributed by atoms with van der Waals surface area (Å²) in [7, 11) is -9.92. The lowest BCUT2D eigenvalue weighted by Gasteiger charge is -2.21. The van der Waals surface area contributed by atoms with Crippen molar-refractivity contribution >= 4 is 39.5 Å². The fraction of sp³-hybridized carbons (Fsp3) is 0.952. The van der Waals surface area contributed by atoms with Crippen LogP contribution in [0.1, 0.15) is 446 Å². The lowest BCUT2D eigenvalue weighted by Crippen LogP contribution is -2.30. The van der Waals surface area contributed by atoms with Gasteiger partial charge in [0, 0.05) is 25.7 Å². The normalized spacial score (nSPS) is 14.1. The van der Waals surface area contributed by atoms with E-state index in [-0.39, 0.29) is 25.7 Å². The van der Waals surface area contributed by atoms with Gasteiger partial charge in [0.2, 0.25) is 0 Å². The lowest BCUT2D eigenvalue weighted by atomic mass is 9.99. The smallest absolute Gasteiger partial charge is 0.462 e. The summed E-state index contributed by atoms with van der Waals surface area (Å²) in [6.07, 6.45) is 67.8. The molecule has 0 rings (SSSR count). The number of unbranched alkanes of at least 4 members (excludes halogenated alkanes) is 54. The number of hydrogen-bond donors (Lipinski definition) is 3. The molecule has 0 heterocycles. The molecule has 6 atom stereocenters. The fourth-order valence-corrected chi connectivity index (χ4v) is 14.5. The minimum atomic E-state index is -4.96. The largest absolute Gasteiger partial charge is 0.472 e. The summed E-state index contributed by atoms with van der Waals surface area (Å²) in [6, 6.07) is 0. The van der Waals surface area contributed by atoms with Crippen LogP contribution >= 0.6 is 15.6 Å². The number of ether oxygens (including phenoxy) is 4. The Morgan fingerprint density at radius 2 is 0.471 bits per heavy atom. The van der Waals surface area contributed by atoms with Gasteiger partial charge < -0.3 is 33.8 Å². The van der Waals surface area contributed by atoms with Crippen molar-refractivity contribution in [2.45, 2.75) is 464 Å². The van der Waals surface area contributed by atoms with E-state index in [2.05, 4.69) is 34.6 Å². The number of rotatable bonds is 83. The summed E-state index contributed by atoms with van der Waals surface area (Å²) in [6.45, 7) is 7.36. The summed E-state index contributed by atoms with van der Waals surface area (Å²) in [5, 5.41) is 10.7. The molecular formula is C83H162O17P2. The van der Waals surface area contributed by atoms with Gasteiger partial charge in [-0.2, -0.15) is 0 Å². The minimum absolute atomic E-state index is 0.108. The Kier molecular flexibility index (Phi) is 74.4. The Hall–Kier alpha value is -1.94. The molecule has 0 fully saturated rings. The number of aliphatic hydroxyl groups is 1. The van der Waals surface area contributed by atoms with E-state index in [1.807, 2.05) is 0 Å². The van der Waals surface area contributed by atoms with Crippen LogP contribution in [0.2, 0.25) is 0 Å². The third-order valence-corrected chi connectivity index (χ3v) is 21.8. The first-order valence-electron chi connectivity index (χ1n) is 43.2. The van der Waals surface area contributed by atoms with E-state index in [1.165, 1.54) is 270 Å². The first kappa shape index (κ1) is 100. The van der Waals surface area contributed by atoms with E-state index in [0.29, 0.717) is 25.7 Å². The first-order chi connectivity index (χ1) is 49.6. The number of carbonyl (C=O) groups is 4. The molecule has 102 heavy (non-hydrogen) atoms. The number of hydrogen-bond acceptors (Lipinski definition) is 15. The van der Waals surface area contributed by atoms with E-state index in [4.69, 9.17) is 37.0 Å². The van der Waals surface area contributed by atoms with Crippen molar-refractivity contribution in [2.24, 2.45) is 5.92 Å². The molecule has 19 heteroatoms. The Balaban J connectivity index is 5.26. The highest BCUT2D eigenvalue weighted by Crippen LogP contribution is 2.45. The summed E-state index contributed by atoms with van der Waals surface area (Å²) in [5.74, 6) is -1.32. The van der Waals surface area contributed by atoms with E-state index in [9.17, 15) is 43.2 Å². The van der Waals surface area contributed by atoms with Gasteiger partial charge in [0.1, 0.15) is 19.3 Å². The van der Waals surface area contributed by atoms with Crippen LogP contribution in [0.3, 0.4) is 0 Å². The van der Waals surface area contributed by atoms with Crippen LogP contribution in [0.4, 0.5) is 0 Å². The Morgan fingerprint density at radius 3 is 0.696 bits per heavy atom. The van der Waals surface area contributed by atoms with Crippen molar-refractivity contribution in [1.29, 1.82) is 0 Å². The molecule has 3 N–H and O–H groups in total. The van der Waals surface area contributed by atoms with Crippen LogP contribution in [0.25, 0.3) is 0 Å². The monoisotopic (exact) mass is 1490 g/mol. The summed E-state index contributed by atoms with van der Waals surface area (Å²) in [5.41, 5.74) is 0. The second-order valence-electron chi connectivity index (χ2n) is 30.1. The number of phosphoric acid groups is 2. The highest BCUT2D eigenvalue weighted by Gasteiger charge is 2.30. The predicted molar refractivity (Wildman–Crippen MR) is 418 cm³/mol. The quantitative estimate of drug-likeness (QED) is 0.0222. The average Bonchev–Trinajstić information content (AvgIpc) is 1.07. The number of esters is 4. The van der Waals surface area contributed by atoms with Crippen molar-refractivity contribution < 1.29 is 80.2 Å². The molecule has 0 bridgehead atoms. The van der Waals surface area contributed by atoms with Gasteiger partial charge >= 0.3 is 39.5 Å². The standard InChI is InChI=1S/C83H162O17P2/c1-6-10-13-16-19-22-25-28-31-34-35-38-41-44-47-54-59-64-69-82(87)99-78(72-93-80(85)66-61-56-51-45-42-39-36-32-29-26-23-20-17-14-11-7-2)74-97-101(89,90)95-70-77(84)71-96-102(91,92)98-75-79(73-94-81(86)67-62-57-52-49-48-50-55-60-65-76(5)9-4)100-83(88)68-63-58-53-46-43-40-37-33-30-27-24-21-18-15-12-8-3/h76-79,84H,6-75H2,1-5H3,(H,89,90)(H,91,92)/t76?,77-,78-,79-/m1/s1. The Morgan fingerprint density at radius 1 is 0.275 bits per heavy atom. The zero-order chi connectivity index (χ0) is 74.8. The van der Waals surface area contributed by atoms with E-state index < -0.39 is 97.5 Å². The fourth-order valence-electron chi connectivity index (χ4n) is 12.9. The molecule has 0 aromatic rings. The SMILES string of the molecule is CCCCCCCCCCCCCCCCCCCCC(=O)O[C@H](COC(=O)CCCCCCCCCCCCCCCCCC)COP(=O)(O)OC[C@@H](O)COP(=O)(O)OC[C@@H](COC(=O)CCCCCCCCCCC(C)CC)OC(=O)CCCCCCCCCCCCCCCCCC. The van der Waals surface area contributed by atoms with Crippen molar-refractivity contribution in [3.63, 3.8) is 0 Å². The third-order valence-electron chi connectivity index (χ3n) is 19.9. The Bertz CT molecular complexity index is 1950. The molecule has 3 unspecified atom stereocenters. The van der Waals surface area contributed by atoms with E-state index in [1.54, 1.807) is 0 Å². The van der Waals surface area contributed by atoms with Gasteiger partial charge in [-0.05, 0) is 31.6 Å². The van der Waals surface area contributed by atoms with Gasteiger partial charge in [0.15, 0.2) is 12.2 Å². The topological polar surface area (TPSA) is 237 Å². The molecule has 0 aromatic heterocycles. The average molecular weight is 1490 g/mol. The molecule has 0 aliphatic carbocycles. The highest BCUT2D eigenvalue weighted by molar-refractivity contribution is 7.47. The molecule has 17 nitrogen and oxygen atoms in total. The van der Waals surface area contributed by atoms with Gasteiger partial charge in [0.25, 0.3) is 0 Å². The minimum Gasteiger partial charge on any atom is -0.462 e. The molecule has 0 radical (unpaired) electrons. The third kappa shape index (κ3) is 74.9. The van der Waals surface area contributed by atoms with Crippen molar-refractivity contribution in [3.05, 3.63) is 0 Å². The van der Waals surface area contributed by atoms with Crippen molar-refractivity contribution in [3.8, 4) is 0 Å². The predicted octanol–water partition coefficient (Wildman–Crippen LogP) is 25.2. The molecule has 0 saturated heterocycles. The van der Waals surface area contributed by atoms with Crippen LogP contribution in [-0.4, -0.2) is 96.7 Å². The summed E-state index contributed by atoms with van der Waals surface area (Å²) < 4.78 is 68.8. The van der Waals surface area contributed by atoms with Gasteiger partial charge in [-0.15, -0.1) is 0 Å². The maximum atomic E-state index is 13.1. The highest BCUT2D eigenvalue weighted by atomic mass is 31.2. The molecule has 606 valence electrons. The summed E-state index contributed by atoms with van der Waals surface area (Å²) >= 11 is 0. The van der Waals surface area contributed by atoms with Gasteiger partial charge in [0.05, 0.1) is 26.4 Å². The molecule has 0 aliphatic heterocycles. The zero-order valence-corrected chi connectivity index (χ0v) is 68.5. The van der Waals surface area contributed by atoms with Crippen LogP contribution in [0, 0.1) is 5.92 Å². The zero-order valence-electron chi connectivity index (χ0n) is 66.8. The summed E-state index contributed by atoms with van der Waals surface area (Å²) in [4.78, 5) is 73.2. The molecule has 0 aromatic carbocycles. The van der Waals surface area contributed by atoms with Crippen LogP contribution in [0.15, 0.2) is 0 Å². The van der Waals surface area contributed by atoms with Crippen LogP contribution < -0.4 is 0 Å². The number of phosphoric ester groups is 2. The van der Waals surface area contributed by atoms with Crippen LogP contribution in [0.5, 0.6) is 0 Å². The molecule has 0 amide bonds.